The highest BCUT2D eigenvalue weighted by molar-refractivity contribution is 5.75. The lowest BCUT2D eigenvalue weighted by Crippen LogP contribution is -2.28. The quantitative estimate of drug-likeness (QED) is 0.191. The zero-order valence-corrected chi connectivity index (χ0v) is 19.8. The summed E-state index contributed by atoms with van der Waals surface area (Å²) in [6.45, 7) is 2.17. The minimum absolute atomic E-state index is 0.0859. The molecule has 8 heteroatoms. The minimum Gasteiger partial charge on any atom is -0.427 e. The Bertz CT molecular complexity index is 1300. The topological polar surface area (TPSA) is 44.1 Å². The monoisotopic (exact) mass is 498 g/mol. The highest BCUT2D eigenvalue weighted by atomic mass is 19.4. The Morgan fingerprint density at radius 2 is 1.86 bits per heavy atom. The van der Waals surface area contributed by atoms with Gasteiger partial charge in [0.2, 0.25) is 0 Å². The van der Waals surface area contributed by atoms with E-state index >= 15 is 0 Å². The van der Waals surface area contributed by atoms with Crippen molar-refractivity contribution >= 4 is 17.9 Å². The number of carbonyl (C=O) groups excluding carboxylic acids is 1. The third-order valence-corrected chi connectivity index (χ3v) is 6.89. The molecule has 0 radical (unpaired) electrons. The molecular formula is C28H26F4N2O2. The largest absolute Gasteiger partial charge is 0.427 e. The Balaban J connectivity index is 1.27. The predicted molar refractivity (Wildman–Crippen MR) is 128 cm³/mol. The summed E-state index contributed by atoms with van der Waals surface area (Å²) in [4.78, 5) is 12.0. The average Bonchev–Trinajstić information content (AvgIpc) is 3.74. The van der Waals surface area contributed by atoms with E-state index < -0.39 is 17.4 Å². The van der Waals surface area contributed by atoms with E-state index in [1.807, 2.05) is 13.0 Å². The van der Waals surface area contributed by atoms with Crippen LogP contribution in [0.15, 0.2) is 54.6 Å². The smallest absolute Gasteiger partial charge is 0.398 e. The third-order valence-electron chi connectivity index (χ3n) is 6.89. The number of esters is 1. The summed E-state index contributed by atoms with van der Waals surface area (Å²) in [6.07, 6.45) is -0.258. The molecule has 0 unspecified atom stereocenters. The lowest BCUT2D eigenvalue weighted by atomic mass is 9.94. The molecule has 36 heavy (non-hydrogen) atoms. The van der Waals surface area contributed by atoms with Crippen LogP contribution in [0.3, 0.4) is 0 Å². The Morgan fingerprint density at radius 1 is 1.14 bits per heavy atom. The van der Waals surface area contributed by atoms with Crippen LogP contribution in [-0.4, -0.2) is 21.9 Å². The van der Waals surface area contributed by atoms with E-state index in [2.05, 4.69) is 5.10 Å². The summed E-state index contributed by atoms with van der Waals surface area (Å²) in [5.41, 5.74) is 0.646. The van der Waals surface area contributed by atoms with Gasteiger partial charge >= 0.3 is 12.1 Å². The molecule has 2 aromatic carbocycles. The van der Waals surface area contributed by atoms with Gasteiger partial charge in [-0.3, -0.25) is 9.48 Å². The molecule has 2 aliphatic carbocycles. The number of ether oxygens (including phenoxy) is 1. The molecule has 0 atom stereocenters. The first-order valence-electron chi connectivity index (χ1n) is 12.0. The van der Waals surface area contributed by atoms with Gasteiger partial charge in [-0.05, 0) is 79.5 Å². The molecule has 0 N–H and O–H groups in total. The van der Waals surface area contributed by atoms with Gasteiger partial charge < -0.3 is 4.74 Å². The van der Waals surface area contributed by atoms with E-state index in [0.717, 1.165) is 24.1 Å². The van der Waals surface area contributed by atoms with Crippen molar-refractivity contribution in [1.29, 1.82) is 0 Å². The third kappa shape index (κ3) is 5.22. The van der Waals surface area contributed by atoms with Crippen LogP contribution in [0.4, 0.5) is 17.6 Å². The van der Waals surface area contributed by atoms with Crippen LogP contribution in [0, 0.1) is 12.8 Å². The fourth-order valence-corrected chi connectivity index (χ4v) is 4.38. The number of aryl methyl sites for hydroxylation is 1. The second-order valence-electron chi connectivity index (χ2n) is 9.79. The second-order valence-corrected chi connectivity index (χ2v) is 9.79. The van der Waals surface area contributed by atoms with Gasteiger partial charge in [-0.2, -0.15) is 18.3 Å². The van der Waals surface area contributed by atoms with Crippen LogP contribution >= 0.6 is 0 Å². The Kier molecular flexibility index (Phi) is 6.22. The van der Waals surface area contributed by atoms with Gasteiger partial charge in [0.05, 0.1) is 12.0 Å². The predicted octanol–water partition coefficient (Wildman–Crippen LogP) is 7.01. The van der Waals surface area contributed by atoms with Crippen molar-refractivity contribution in [2.24, 2.45) is 5.92 Å². The van der Waals surface area contributed by atoms with Crippen LogP contribution in [0.5, 0.6) is 5.75 Å². The maximum absolute atomic E-state index is 15.0. The molecule has 2 fully saturated rings. The van der Waals surface area contributed by atoms with Crippen LogP contribution < -0.4 is 4.74 Å². The zero-order valence-electron chi connectivity index (χ0n) is 19.8. The van der Waals surface area contributed by atoms with Crippen LogP contribution in [0.2, 0.25) is 0 Å². The number of carbonyl (C=O) groups is 1. The summed E-state index contributed by atoms with van der Waals surface area (Å²) >= 11 is 0. The van der Waals surface area contributed by atoms with E-state index in [9.17, 15) is 22.4 Å². The molecule has 3 aromatic rings. The van der Waals surface area contributed by atoms with E-state index in [1.165, 1.54) is 30.3 Å². The molecule has 1 heterocycles. The summed E-state index contributed by atoms with van der Waals surface area (Å²) in [5, 5.41) is 4.36. The second kappa shape index (κ2) is 9.22. The zero-order chi connectivity index (χ0) is 25.5. The van der Waals surface area contributed by atoms with Crippen LogP contribution in [0.25, 0.3) is 11.9 Å². The van der Waals surface area contributed by atoms with Gasteiger partial charge in [0, 0.05) is 12.1 Å². The number of hydrogen-bond donors (Lipinski definition) is 0. The molecule has 2 aliphatic rings. The normalized spacial score (nSPS) is 17.2. The lowest BCUT2D eigenvalue weighted by Gasteiger charge is -2.19. The molecule has 2 saturated carbocycles. The average molecular weight is 499 g/mol. The van der Waals surface area contributed by atoms with Gasteiger partial charge in [0.15, 0.2) is 5.83 Å². The number of aromatic nitrogens is 2. The maximum Gasteiger partial charge on any atom is 0.398 e. The number of nitrogens with zero attached hydrogens (tertiary/aromatic N) is 2. The standard InChI is InChI=1S/C28H26F4N2O2/c1-18-13-25(24(29)15-19-7-9-22(10-8-19)27(11-12-27)28(30,31)32)33-34(18)17-21-3-2-4-23(14-21)36-26(35)16-20-5-6-20/h2-4,7-10,13-15,20H,5-6,11-12,16-17H2,1H3/b24-15-. The highest BCUT2D eigenvalue weighted by Gasteiger charge is 2.64. The van der Waals surface area contributed by atoms with Gasteiger partial charge in [-0.25, -0.2) is 4.39 Å². The highest BCUT2D eigenvalue weighted by Crippen LogP contribution is 2.58. The van der Waals surface area contributed by atoms with Gasteiger partial charge in [-0.15, -0.1) is 0 Å². The molecular weight excluding hydrogens is 472 g/mol. The first-order chi connectivity index (χ1) is 17.1. The molecule has 1 aromatic heterocycles. The maximum atomic E-state index is 15.0. The van der Waals surface area contributed by atoms with Gasteiger partial charge in [0.25, 0.3) is 0 Å². The Hall–Kier alpha value is -3.42. The fraction of sp³-hybridized carbons (Fsp3) is 0.357. The number of alkyl halides is 3. The van der Waals surface area contributed by atoms with Crippen molar-refractivity contribution in [1.82, 2.24) is 9.78 Å². The minimum atomic E-state index is -4.28. The van der Waals surface area contributed by atoms with Gasteiger partial charge in [-0.1, -0.05) is 36.4 Å². The molecule has 4 nitrogen and oxygen atoms in total. The Morgan fingerprint density at radius 3 is 2.50 bits per heavy atom. The summed E-state index contributed by atoms with van der Waals surface area (Å²) in [6, 6.07) is 14.6. The molecule has 0 bridgehead atoms. The molecule has 0 saturated heterocycles. The van der Waals surface area contributed by atoms with E-state index in [1.54, 1.807) is 28.9 Å². The Labute approximate surface area is 206 Å². The van der Waals surface area contributed by atoms with Gasteiger partial charge in [0.1, 0.15) is 11.4 Å². The number of benzene rings is 2. The van der Waals surface area contributed by atoms with E-state index in [0.29, 0.717) is 30.2 Å². The van der Waals surface area contributed by atoms with Crippen molar-refractivity contribution in [2.45, 2.75) is 57.2 Å². The first kappa shape index (κ1) is 24.3. The summed E-state index contributed by atoms with van der Waals surface area (Å²) in [5.74, 6) is 0.0973. The summed E-state index contributed by atoms with van der Waals surface area (Å²) in [7, 11) is 0. The van der Waals surface area contributed by atoms with Crippen molar-refractivity contribution in [3.8, 4) is 5.75 Å². The molecule has 0 amide bonds. The van der Waals surface area contributed by atoms with Crippen molar-refractivity contribution in [2.75, 3.05) is 0 Å². The number of rotatable bonds is 8. The number of hydrogen-bond acceptors (Lipinski definition) is 3. The lowest BCUT2D eigenvalue weighted by molar-refractivity contribution is -0.160. The van der Waals surface area contributed by atoms with E-state index in [-0.39, 0.29) is 30.1 Å². The molecule has 5 rings (SSSR count). The molecule has 188 valence electrons. The molecule has 0 aliphatic heterocycles. The first-order valence-corrected chi connectivity index (χ1v) is 12.0. The van der Waals surface area contributed by atoms with Crippen molar-refractivity contribution in [3.63, 3.8) is 0 Å². The fourth-order valence-electron chi connectivity index (χ4n) is 4.38. The number of halogens is 4. The SMILES string of the molecule is Cc1cc(/C(F)=C/c2ccc(C3(C(F)(F)F)CC3)cc2)nn1Cc1cccc(OC(=O)CC2CC2)c1. The van der Waals surface area contributed by atoms with Crippen molar-refractivity contribution < 1.29 is 27.1 Å². The van der Waals surface area contributed by atoms with Crippen LogP contribution in [-0.2, 0) is 16.8 Å². The van der Waals surface area contributed by atoms with Crippen LogP contribution in [0.1, 0.15) is 60.2 Å². The van der Waals surface area contributed by atoms with E-state index in [4.69, 9.17) is 4.74 Å². The van der Waals surface area contributed by atoms with Crippen molar-refractivity contribution in [3.05, 3.63) is 82.7 Å². The molecule has 0 spiro atoms. The summed E-state index contributed by atoms with van der Waals surface area (Å²) < 4.78 is 62.0.